The number of ether oxygens (including phenoxy) is 1. The lowest BCUT2D eigenvalue weighted by Crippen LogP contribution is -2.35. The second kappa shape index (κ2) is 6.10. The summed E-state index contributed by atoms with van der Waals surface area (Å²) in [6, 6.07) is 4.67. The summed E-state index contributed by atoms with van der Waals surface area (Å²) in [4.78, 5) is 0. The molecule has 0 spiro atoms. The number of hydrogen-bond donors (Lipinski definition) is 0. The summed E-state index contributed by atoms with van der Waals surface area (Å²) in [5.74, 6) is 1.07. The zero-order chi connectivity index (χ0) is 16.6. The van der Waals surface area contributed by atoms with E-state index in [0.717, 1.165) is 12.2 Å². The van der Waals surface area contributed by atoms with Gasteiger partial charge in [-0.1, -0.05) is 76.3 Å². The standard InChI is InChI=1S/C19H31IO/c1-10-13-11-14(19(7,8)20)12-15(16(13)21-9)18(5,6)17(2,3)4/h11-12H,10H2,1-9H3. The van der Waals surface area contributed by atoms with Crippen molar-refractivity contribution in [1.29, 1.82) is 0 Å². The van der Waals surface area contributed by atoms with Gasteiger partial charge in [-0.3, -0.25) is 0 Å². The van der Waals surface area contributed by atoms with Gasteiger partial charge in [0.25, 0.3) is 0 Å². The summed E-state index contributed by atoms with van der Waals surface area (Å²) in [5, 5.41) is 0. The predicted octanol–water partition coefficient (Wildman–Crippen LogP) is 6.25. The third-order valence-corrected chi connectivity index (χ3v) is 5.61. The van der Waals surface area contributed by atoms with Crippen molar-refractivity contribution in [3.05, 3.63) is 28.8 Å². The molecule has 2 heteroatoms. The summed E-state index contributed by atoms with van der Waals surface area (Å²) in [7, 11) is 1.80. The van der Waals surface area contributed by atoms with Crippen LogP contribution in [0.25, 0.3) is 0 Å². The van der Waals surface area contributed by atoms with Crippen molar-refractivity contribution in [2.45, 2.75) is 70.6 Å². The molecule has 1 nitrogen and oxygen atoms in total. The summed E-state index contributed by atoms with van der Waals surface area (Å²) < 4.78 is 5.94. The summed E-state index contributed by atoms with van der Waals surface area (Å²) >= 11 is 2.52. The lowest BCUT2D eigenvalue weighted by atomic mass is 9.64. The van der Waals surface area contributed by atoms with Crippen LogP contribution in [-0.4, -0.2) is 7.11 Å². The molecule has 21 heavy (non-hydrogen) atoms. The van der Waals surface area contributed by atoms with Crippen LogP contribution in [0.1, 0.15) is 72.1 Å². The predicted molar refractivity (Wildman–Crippen MR) is 102 cm³/mol. The first kappa shape index (κ1) is 18.8. The van der Waals surface area contributed by atoms with Gasteiger partial charge in [0, 0.05) is 8.99 Å². The minimum Gasteiger partial charge on any atom is -0.496 e. The van der Waals surface area contributed by atoms with Crippen LogP contribution < -0.4 is 4.74 Å². The Bertz CT molecular complexity index is 502. The first-order valence-corrected chi connectivity index (χ1v) is 8.85. The van der Waals surface area contributed by atoms with Gasteiger partial charge in [0.2, 0.25) is 0 Å². The zero-order valence-corrected chi connectivity index (χ0v) is 17.3. The number of methoxy groups -OCH3 is 1. The lowest BCUT2D eigenvalue weighted by Gasteiger charge is -2.41. The highest BCUT2D eigenvalue weighted by Crippen LogP contribution is 2.47. The summed E-state index contributed by atoms with van der Waals surface area (Å²) in [5.41, 5.74) is 4.23. The normalized spacial score (nSPS) is 13.4. The summed E-state index contributed by atoms with van der Waals surface area (Å²) in [6.45, 7) is 18.3. The molecule has 0 aromatic heterocycles. The molecule has 0 bridgehead atoms. The van der Waals surface area contributed by atoms with Crippen molar-refractivity contribution < 1.29 is 4.74 Å². The molecule has 0 radical (unpaired) electrons. The molecule has 1 rings (SSSR count). The SMILES string of the molecule is CCc1cc(C(C)(C)I)cc(C(C)(C)C(C)(C)C)c1OC. The van der Waals surface area contributed by atoms with Crippen LogP contribution in [0, 0.1) is 5.41 Å². The second-order valence-electron chi connectivity index (χ2n) is 7.92. The largest absolute Gasteiger partial charge is 0.496 e. The summed E-state index contributed by atoms with van der Waals surface area (Å²) in [6.07, 6.45) is 0.997. The Hall–Kier alpha value is -0.250. The van der Waals surface area contributed by atoms with Crippen LogP contribution in [0.2, 0.25) is 0 Å². The van der Waals surface area contributed by atoms with Crippen molar-refractivity contribution in [2.75, 3.05) is 7.11 Å². The lowest BCUT2D eigenvalue weighted by molar-refractivity contribution is 0.218. The average Bonchev–Trinajstić information content (AvgIpc) is 2.34. The van der Waals surface area contributed by atoms with Gasteiger partial charge in [0.1, 0.15) is 5.75 Å². The monoisotopic (exact) mass is 402 g/mol. The van der Waals surface area contributed by atoms with Crippen LogP contribution in [0.15, 0.2) is 12.1 Å². The Balaban J connectivity index is 3.70. The van der Waals surface area contributed by atoms with E-state index in [1.54, 1.807) is 7.11 Å². The number of halogens is 1. The van der Waals surface area contributed by atoms with E-state index in [0.29, 0.717) is 0 Å². The molecule has 0 fully saturated rings. The topological polar surface area (TPSA) is 9.23 Å². The van der Waals surface area contributed by atoms with Crippen LogP contribution in [0.4, 0.5) is 0 Å². The fraction of sp³-hybridized carbons (Fsp3) is 0.684. The molecule has 0 amide bonds. The third-order valence-electron chi connectivity index (χ3n) is 4.99. The van der Waals surface area contributed by atoms with E-state index in [9.17, 15) is 0 Å². The molecule has 0 atom stereocenters. The van der Waals surface area contributed by atoms with Crippen molar-refractivity contribution in [3.63, 3.8) is 0 Å². The van der Waals surface area contributed by atoms with E-state index in [1.165, 1.54) is 16.7 Å². The van der Waals surface area contributed by atoms with Crippen molar-refractivity contribution in [2.24, 2.45) is 5.41 Å². The van der Waals surface area contributed by atoms with Gasteiger partial charge in [-0.25, -0.2) is 0 Å². The molecule has 0 aliphatic heterocycles. The Morgan fingerprint density at radius 2 is 1.52 bits per heavy atom. The van der Waals surface area contributed by atoms with Gasteiger partial charge in [-0.15, -0.1) is 0 Å². The fourth-order valence-electron chi connectivity index (χ4n) is 2.40. The van der Waals surface area contributed by atoms with Gasteiger partial charge >= 0.3 is 0 Å². The highest BCUT2D eigenvalue weighted by molar-refractivity contribution is 14.1. The number of rotatable bonds is 4. The first-order chi connectivity index (χ1) is 9.36. The highest BCUT2D eigenvalue weighted by atomic mass is 127. The number of benzene rings is 1. The van der Waals surface area contributed by atoms with E-state index in [1.807, 2.05) is 0 Å². The molecule has 1 aromatic carbocycles. The first-order valence-electron chi connectivity index (χ1n) is 7.77. The Labute approximate surface area is 145 Å². The van der Waals surface area contributed by atoms with E-state index < -0.39 is 0 Å². The van der Waals surface area contributed by atoms with Crippen molar-refractivity contribution >= 4 is 22.6 Å². The Morgan fingerprint density at radius 1 is 1.00 bits per heavy atom. The molecule has 0 heterocycles. The van der Waals surface area contributed by atoms with Gasteiger partial charge < -0.3 is 4.74 Å². The van der Waals surface area contributed by atoms with E-state index in [4.69, 9.17) is 4.74 Å². The molecule has 1 aromatic rings. The molecule has 120 valence electrons. The molecular weight excluding hydrogens is 371 g/mol. The molecule has 0 N–H and O–H groups in total. The maximum absolute atomic E-state index is 5.81. The van der Waals surface area contributed by atoms with Gasteiger partial charge in [0.05, 0.1) is 7.11 Å². The smallest absolute Gasteiger partial charge is 0.125 e. The van der Waals surface area contributed by atoms with E-state index >= 15 is 0 Å². The molecule has 0 saturated heterocycles. The van der Waals surface area contributed by atoms with E-state index in [-0.39, 0.29) is 14.3 Å². The Morgan fingerprint density at radius 3 is 1.86 bits per heavy atom. The molecule has 0 aliphatic carbocycles. The van der Waals surface area contributed by atoms with E-state index in [2.05, 4.69) is 90.1 Å². The van der Waals surface area contributed by atoms with Crippen LogP contribution >= 0.6 is 22.6 Å². The quantitative estimate of drug-likeness (QED) is 0.427. The second-order valence-corrected chi connectivity index (χ2v) is 10.6. The average molecular weight is 402 g/mol. The van der Waals surface area contributed by atoms with Crippen LogP contribution in [-0.2, 0) is 15.3 Å². The number of hydrogen-bond acceptors (Lipinski definition) is 1. The van der Waals surface area contributed by atoms with Gasteiger partial charge in [-0.05, 0) is 42.2 Å². The maximum Gasteiger partial charge on any atom is 0.125 e. The maximum atomic E-state index is 5.81. The van der Waals surface area contributed by atoms with Gasteiger partial charge in [0.15, 0.2) is 0 Å². The zero-order valence-electron chi connectivity index (χ0n) is 15.1. The van der Waals surface area contributed by atoms with Crippen molar-refractivity contribution in [3.8, 4) is 5.75 Å². The Kier molecular flexibility index (Phi) is 5.46. The van der Waals surface area contributed by atoms with Crippen molar-refractivity contribution in [1.82, 2.24) is 0 Å². The number of alkyl halides is 1. The molecular formula is C19H31IO. The highest BCUT2D eigenvalue weighted by Gasteiger charge is 2.38. The van der Waals surface area contributed by atoms with Crippen LogP contribution in [0.5, 0.6) is 5.75 Å². The third kappa shape index (κ3) is 3.75. The minimum atomic E-state index is 0.0418. The molecule has 0 aliphatic rings. The minimum absolute atomic E-state index is 0.0418. The van der Waals surface area contributed by atoms with Crippen LogP contribution in [0.3, 0.4) is 0 Å². The van der Waals surface area contributed by atoms with Gasteiger partial charge in [-0.2, -0.15) is 0 Å². The molecule has 0 unspecified atom stereocenters. The molecule has 0 saturated carbocycles. The fourth-order valence-corrected chi connectivity index (χ4v) is 2.72. The number of aryl methyl sites for hydroxylation is 1.